The van der Waals surface area contributed by atoms with Crippen molar-refractivity contribution in [1.82, 2.24) is 19.9 Å². The number of aromatic nitrogens is 1. The van der Waals surface area contributed by atoms with Crippen molar-refractivity contribution in [3.05, 3.63) is 11.1 Å². The molecule has 0 spiro atoms. The Kier molecular flexibility index (Phi) is 7.70. The van der Waals surface area contributed by atoms with E-state index in [1.54, 1.807) is 0 Å². The number of anilines is 1. The summed E-state index contributed by atoms with van der Waals surface area (Å²) in [5.41, 5.74) is 5.17. The number of carbonyl (C=O) groups excluding carboxylic acids is 3. The van der Waals surface area contributed by atoms with Crippen LogP contribution in [-0.2, 0) is 29.5 Å². The molecular weight excluding hydrogens is 415 g/mol. The molecule has 1 fully saturated rings. The van der Waals surface area contributed by atoms with Crippen molar-refractivity contribution < 1.29 is 61.7 Å². The summed E-state index contributed by atoms with van der Waals surface area (Å²) in [4.78, 5) is 44.5. The van der Waals surface area contributed by atoms with Gasteiger partial charge in [0.1, 0.15) is 18.8 Å². The average Bonchev–Trinajstić information content (AvgIpc) is 2.98. The first-order valence-electron chi connectivity index (χ1n) is 6.75. The van der Waals surface area contributed by atoms with Crippen molar-refractivity contribution in [3.63, 3.8) is 0 Å². The van der Waals surface area contributed by atoms with Crippen molar-refractivity contribution in [2.45, 2.75) is 12.1 Å². The standard InChI is InChI=1S/C11H14N6O7S2.Na/c1-13-9(19)7-6(10(20)17(7)26(21,22)23)15-8(18)5(16-24-2)4-3-25-11(12)14-4;/h3,6-7H,1-2H3,(H2,12,14)(H,13,19)(H,15,18)(H,21,22,23);/q;+1/p-1. The predicted molar refractivity (Wildman–Crippen MR) is 86.4 cm³/mol. The molecule has 1 aromatic rings. The molecule has 4 N–H and O–H groups in total. The Morgan fingerprint density at radius 2 is 2.11 bits per heavy atom. The summed E-state index contributed by atoms with van der Waals surface area (Å²) in [6.45, 7) is 0. The van der Waals surface area contributed by atoms with Crippen molar-refractivity contribution in [2.75, 3.05) is 19.9 Å². The van der Waals surface area contributed by atoms with E-state index in [0.717, 1.165) is 18.4 Å². The molecule has 0 aromatic carbocycles. The van der Waals surface area contributed by atoms with E-state index < -0.39 is 40.1 Å². The van der Waals surface area contributed by atoms with Gasteiger partial charge in [0, 0.05) is 12.4 Å². The molecule has 1 aliphatic heterocycles. The molecule has 0 saturated carbocycles. The van der Waals surface area contributed by atoms with Crippen LogP contribution in [0.15, 0.2) is 10.5 Å². The number of nitrogens with two attached hydrogens (primary N) is 1. The topological polar surface area (TPSA) is 196 Å². The number of nitrogen functional groups attached to an aromatic ring is 1. The number of hydrogen-bond acceptors (Lipinski definition) is 11. The van der Waals surface area contributed by atoms with Gasteiger partial charge in [-0.15, -0.1) is 11.3 Å². The minimum atomic E-state index is -5.23. The van der Waals surface area contributed by atoms with E-state index in [2.05, 4.69) is 25.6 Å². The largest absolute Gasteiger partial charge is 1.00 e. The van der Waals surface area contributed by atoms with E-state index in [-0.39, 0.29) is 50.4 Å². The Morgan fingerprint density at radius 3 is 2.56 bits per heavy atom. The Hall–Kier alpha value is -1.78. The van der Waals surface area contributed by atoms with Crippen molar-refractivity contribution in [2.24, 2.45) is 5.16 Å². The molecule has 1 saturated heterocycles. The smallest absolute Gasteiger partial charge is 0.731 e. The van der Waals surface area contributed by atoms with Crippen LogP contribution >= 0.6 is 11.3 Å². The van der Waals surface area contributed by atoms with Gasteiger partial charge < -0.3 is 25.8 Å². The van der Waals surface area contributed by atoms with E-state index in [0.29, 0.717) is 0 Å². The number of carbonyl (C=O) groups is 3. The van der Waals surface area contributed by atoms with Crippen LogP contribution in [0.5, 0.6) is 0 Å². The Balaban J connectivity index is 0.00000364. The van der Waals surface area contributed by atoms with Gasteiger partial charge in [-0.05, 0) is 0 Å². The summed E-state index contributed by atoms with van der Waals surface area (Å²) in [6.07, 6.45) is 0. The second kappa shape index (κ2) is 8.94. The molecule has 1 aromatic heterocycles. The van der Waals surface area contributed by atoms with Gasteiger partial charge >= 0.3 is 29.6 Å². The molecule has 2 rings (SSSR count). The van der Waals surface area contributed by atoms with E-state index in [1.807, 2.05) is 0 Å². The number of hydrogen-bond donors (Lipinski definition) is 3. The average molecular weight is 428 g/mol. The van der Waals surface area contributed by atoms with Gasteiger partial charge in [0.05, 0.1) is 0 Å². The molecule has 142 valence electrons. The number of rotatable bonds is 6. The maximum absolute atomic E-state index is 12.4. The van der Waals surface area contributed by atoms with Crippen molar-refractivity contribution in [3.8, 4) is 0 Å². The maximum Gasteiger partial charge on any atom is 1.00 e. The third-order valence-electron chi connectivity index (χ3n) is 3.26. The first-order chi connectivity index (χ1) is 12.1. The molecule has 16 heteroatoms. The molecule has 0 aliphatic carbocycles. The fourth-order valence-corrected chi connectivity index (χ4v) is 3.54. The Labute approximate surface area is 179 Å². The monoisotopic (exact) mass is 428 g/mol. The van der Waals surface area contributed by atoms with Crippen LogP contribution in [0.1, 0.15) is 5.69 Å². The number of likely N-dealkylation sites (N-methyl/N-ethyl adjacent to an activating group) is 1. The molecule has 2 atom stereocenters. The minimum Gasteiger partial charge on any atom is -0.731 e. The van der Waals surface area contributed by atoms with E-state index in [9.17, 15) is 27.4 Å². The molecule has 27 heavy (non-hydrogen) atoms. The molecule has 2 unspecified atom stereocenters. The summed E-state index contributed by atoms with van der Waals surface area (Å²) in [5, 5.41) is 9.29. The zero-order chi connectivity index (χ0) is 19.6. The molecule has 0 bridgehead atoms. The second-order valence-corrected chi connectivity index (χ2v) is 6.93. The molecular formula is C11H13N6NaO7S2. The van der Waals surface area contributed by atoms with Crippen LogP contribution in [-0.4, -0.2) is 71.9 Å². The summed E-state index contributed by atoms with van der Waals surface area (Å²) in [5.74, 6) is -3.18. The summed E-state index contributed by atoms with van der Waals surface area (Å²) in [7, 11) is -2.89. The van der Waals surface area contributed by atoms with E-state index in [4.69, 9.17) is 5.73 Å². The third kappa shape index (κ3) is 4.74. The molecule has 2 heterocycles. The number of oxime groups is 1. The zero-order valence-corrected chi connectivity index (χ0v) is 18.0. The van der Waals surface area contributed by atoms with Crippen LogP contribution in [0.3, 0.4) is 0 Å². The van der Waals surface area contributed by atoms with E-state index in [1.165, 1.54) is 12.4 Å². The molecule has 0 radical (unpaired) electrons. The van der Waals surface area contributed by atoms with Crippen LogP contribution in [0.2, 0.25) is 0 Å². The second-order valence-electron chi connectivity index (χ2n) is 4.80. The molecule has 13 nitrogen and oxygen atoms in total. The number of nitrogens with zero attached hydrogens (tertiary/aromatic N) is 3. The Bertz CT molecular complexity index is 886. The first kappa shape index (κ1) is 23.3. The molecule has 3 amide bonds. The van der Waals surface area contributed by atoms with Crippen LogP contribution in [0.25, 0.3) is 0 Å². The van der Waals surface area contributed by atoms with Gasteiger partial charge in [-0.2, -0.15) is 0 Å². The van der Waals surface area contributed by atoms with Crippen LogP contribution in [0, 0.1) is 0 Å². The normalized spacial score (nSPS) is 19.6. The van der Waals surface area contributed by atoms with E-state index >= 15 is 0 Å². The summed E-state index contributed by atoms with van der Waals surface area (Å²) < 4.78 is 33.3. The van der Waals surface area contributed by atoms with Crippen LogP contribution < -0.4 is 45.9 Å². The number of amides is 3. The maximum atomic E-state index is 12.4. The van der Waals surface area contributed by atoms with Crippen LogP contribution in [0.4, 0.5) is 5.13 Å². The van der Waals surface area contributed by atoms with Crippen molar-refractivity contribution >= 4 is 50.2 Å². The zero-order valence-electron chi connectivity index (χ0n) is 14.3. The fourth-order valence-electron chi connectivity index (χ4n) is 2.16. The first-order valence-corrected chi connectivity index (χ1v) is 9.00. The predicted octanol–water partition coefficient (Wildman–Crippen LogP) is -6.02. The SMILES string of the molecule is CNC(=O)C1C(NC(=O)C(=NOC)c2csc(N)n2)C(=O)N1S(=O)(=O)[O-].[Na+]. The van der Waals surface area contributed by atoms with Gasteiger partial charge in [0.2, 0.25) is 5.91 Å². The minimum absolute atomic E-state index is 0. The fraction of sp³-hybridized carbons (Fsp3) is 0.364. The summed E-state index contributed by atoms with van der Waals surface area (Å²) >= 11 is 1.02. The number of β-lactam (4-membered cyclic amide) rings is 1. The summed E-state index contributed by atoms with van der Waals surface area (Å²) in [6, 6.07) is -3.30. The van der Waals surface area contributed by atoms with Gasteiger partial charge in [0.25, 0.3) is 11.8 Å². The van der Waals surface area contributed by atoms with Gasteiger partial charge in [0.15, 0.2) is 27.2 Å². The van der Waals surface area contributed by atoms with Crippen molar-refractivity contribution in [1.29, 1.82) is 0 Å². The molecule has 1 aliphatic rings. The van der Waals surface area contributed by atoms with Gasteiger partial charge in [-0.3, -0.25) is 14.4 Å². The number of thiazole rings is 1. The Morgan fingerprint density at radius 1 is 1.48 bits per heavy atom. The van der Waals surface area contributed by atoms with Gasteiger partial charge in [-0.1, -0.05) is 5.16 Å². The quantitative estimate of drug-likeness (QED) is 0.130. The number of nitrogens with one attached hydrogen (secondary N) is 2. The van der Waals surface area contributed by atoms with Gasteiger partial charge in [-0.25, -0.2) is 17.7 Å². The third-order valence-corrected chi connectivity index (χ3v) is 4.82.